The van der Waals surface area contributed by atoms with E-state index in [4.69, 9.17) is 5.11 Å². The van der Waals surface area contributed by atoms with E-state index in [1.807, 2.05) is 12.1 Å². The maximum Gasteiger partial charge on any atom is 0.304 e. The summed E-state index contributed by atoms with van der Waals surface area (Å²) in [5.74, 6) is -0.689. The van der Waals surface area contributed by atoms with Crippen LogP contribution in [0, 0.1) is 0 Å². The van der Waals surface area contributed by atoms with E-state index >= 15 is 0 Å². The van der Waals surface area contributed by atoms with E-state index in [9.17, 15) is 4.79 Å². The van der Waals surface area contributed by atoms with Gasteiger partial charge in [0.1, 0.15) is 0 Å². The van der Waals surface area contributed by atoms with Crippen molar-refractivity contribution >= 4 is 5.97 Å². The van der Waals surface area contributed by atoms with Crippen LogP contribution in [-0.4, -0.2) is 11.1 Å². The lowest BCUT2D eigenvalue weighted by Gasteiger charge is -2.26. The third kappa shape index (κ3) is 2.36. The number of carbonyl (C=O) groups is 1. The quantitative estimate of drug-likeness (QED) is 0.866. The van der Waals surface area contributed by atoms with Gasteiger partial charge in [-0.25, -0.2) is 0 Å². The minimum absolute atomic E-state index is 0.0741. The lowest BCUT2D eigenvalue weighted by atomic mass is 9.78. The number of carboxylic acid groups (broad SMARTS) is 1. The molecule has 0 atom stereocenters. The van der Waals surface area contributed by atoms with Crippen LogP contribution in [-0.2, 0) is 15.6 Å². The molecule has 0 saturated heterocycles. The van der Waals surface area contributed by atoms with Gasteiger partial charge in [0, 0.05) is 5.41 Å². The highest BCUT2D eigenvalue weighted by molar-refractivity contribution is 5.70. The first-order valence-corrected chi connectivity index (χ1v) is 6.17. The van der Waals surface area contributed by atoms with Crippen molar-refractivity contribution in [2.45, 2.75) is 50.9 Å². The Morgan fingerprint density at radius 1 is 1.29 bits per heavy atom. The molecule has 1 aromatic rings. The predicted molar refractivity (Wildman–Crippen MR) is 68.3 cm³/mol. The van der Waals surface area contributed by atoms with Crippen molar-refractivity contribution in [1.82, 2.24) is 0 Å². The van der Waals surface area contributed by atoms with Crippen LogP contribution in [0.15, 0.2) is 24.3 Å². The molecule has 2 heteroatoms. The fourth-order valence-electron chi connectivity index (χ4n) is 2.58. The molecule has 1 N–H and O–H groups in total. The van der Waals surface area contributed by atoms with E-state index in [-0.39, 0.29) is 17.3 Å². The maximum atomic E-state index is 11.0. The van der Waals surface area contributed by atoms with Crippen molar-refractivity contribution in [3.63, 3.8) is 0 Å². The molecule has 1 saturated carbocycles. The van der Waals surface area contributed by atoms with Gasteiger partial charge in [-0.05, 0) is 29.4 Å². The second kappa shape index (κ2) is 3.86. The van der Waals surface area contributed by atoms with Crippen molar-refractivity contribution in [3.8, 4) is 0 Å². The summed E-state index contributed by atoms with van der Waals surface area (Å²) >= 11 is 0. The Morgan fingerprint density at radius 3 is 2.35 bits per heavy atom. The van der Waals surface area contributed by atoms with Gasteiger partial charge in [0.2, 0.25) is 0 Å². The molecule has 0 heterocycles. The first-order chi connectivity index (χ1) is 7.85. The summed E-state index contributed by atoms with van der Waals surface area (Å²) in [6.45, 7) is 6.55. The van der Waals surface area contributed by atoms with Gasteiger partial charge in [0.05, 0.1) is 6.42 Å². The van der Waals surface area contributed by atoms with Crippen molar-refractivity contribution in [2.75, 3.05) is 0 Å². The normalized spacial score (nSPS) is 17.8. The molecule has 1 fully saturated rings. The van der Waals surface area contributed by atoms with Crippen LogP contribution < -0.4 is 0 Å². The summed E-state index contributed by atoms with van der Waals surface area (Å²) in [5.41, 5.74) is 2.52. The van der Waals surface area contributed by atoms with Crippen molar-refractivity contribution in [2.24, 2.45) is 0 Å². The SMILES string of the molecule is CC(C)(C)c1ccccc1C1(CC(=O)O)CC1. The molecule has 0 bridgehead atoms. The van der Waals surface area contributed by atoms with Crippen LogP contribution in [0.25, 0.3) is 0 Å². The minimum atomic E-state index is -0.689. The van der Waals surface area contributed by atoms with Gasteiger partial charge in [-0.15, -0.1) is 0 Å². The molecule has 2 rings (SSSR count). The molecular weight excluding hydrogens is 212 g/mol. The summed E-state index contributed by atoms with van der Waals surface area (Å²) in [6.07, 6.45) is 2.28. The van der Waals surface area contributed by atoms with Crippen molar-refractivity contribution in [1.29, 1.82) is 0 Å². The van der Waals surface area contributed by atoms with Crippen LogP contribution in [0.4, 0.5) is 0 Å². The Hall–Kier alpha value is -1.31. The molecule has 0 unspecified atom stereocenters. The highest BCUT2D eigenvalue weighted by atomic mass is 16.4. The lowest BCUT2D eigenvalue weighted by molar-refractivity contribution is -0.137. The molecule has 2 nitrogen and oxygen atoms in total. The van der Waals surface area contributed by atoms with Gasteiger partial charge in [0.15, 0.2) is 0 Å². The van der Waals surface area contributed by atoms with Gasteiger partial charge in [0.25, 0.3) is 0 Å². The topological polar surface area (TPSA) is 37.3 Å². The van der Waals surface area contributed by atoms with E-state index in [1.54, 1.807) is 0 Å². The van der Waals surface area contributed by atoms with Crippen LogP contribution in [0.1, 0.15) is 51.2 Å². The van der Waals surface area contributed by atoms with E-state index in [1.165, 1.54) is 11.1 Å². The molecule has 1 aliphatic carbocycles. The summed E-state index contributed by atoms with van der Waals surface area (Å²) in [6, 6.07) is 8.31. The maximum absolute atomic E-state index is 11.0. The summed E-state index contributed by atoms with van der Waals surface area (Å²) in [5, 5.41) is 9.04. The zero-order valence-electron chi connectivity index (χ0n) is 10.8. The van der Waals surface area contributed by atoms with Crippen LogP contribution in [0.5, 0.6) is 0 Å². The predicted octanol–water partition coefficient (Wildman–Crippen LogP) is 3.49. The molecular formula is C15H20O2. The zero-order chi connectivity index (χ0) is 12.7. The number of aliphatic carboxylic acids is 1. The summed E-state index contributed by atoms with van der Waals surface area (Å²) < 4.78 is 0. The fourth-order valence-corrected chi connectivity index (χ4v) is 2.58. The number of benzene rings is 1. The first-order valence-electron chi connectivity index (χ1n) is 6.17. The summed E-state index contributed by atoms with van der Waals surface area (Å²) in [4.78, 5) is 11.0. The first kappa shape index (κ1) is 12.2. The Bertz CT molecular complexity index is 436. The largest absolute Gasteiger partial charge is 0.481 e. The number of hydrogen-bond donors (Lipinski definition) is 1. The van der Waals surface area contributed by atoms with Crippen molar-refractivity contribution in [3.05, 3.63) is 35.4 Å². The molecule has 0 aliphatic heterocycles. The Balaban J connectivity index is 2.43. The van der Waals surface area contributed by atoms with Crippen LogP contribution in [0.2, 0.25) is 0 Å². The smallest absolute Gasteiger partial charge is 0.304 e. The molecule has 0 aromatic heterocycles. The number of rotatable bonds is 3. The fraction of sp³-hybridized carbons (Fsp3) is 0.533. The number of carboxylic acids is 1. The van der Waals surface area contributed by atoms with E-state index in [2.05, 4.69) is 32.9 Å². The van der Waals surface area contributed by atoms with E-state index in [0.717, 1.165) is 12.8 Å². The molecule has 1 aromatic carbocycles. The van der Waals surface area contributed by atoms with Gasteiger partial charge < -0.3 is 5.11 Å². The standard InChI is InChI=1S/C15H20O2/c1-14(2,3)11-6-4-5-7-12(11)15(8-9-15)10-13(16)17/h4-7H,8-10H2,1-3H3,(H,16,17). The highest BCUT2D eigenvalue weighted by Gasteiger charge is 2.47. The molecule has 17 heavy (non-hydrogen) atoms. The molecule has 0 radical (unpaired) electrons. The van der Waals surface area contributed by atoms with Crippen LogP contribution >= 0.6 is 0 Å². The molecule has 1 aliphatic rings. The third-order valence-corrected chi connectivity index (χ3v) is 3.65. The minimum Gasteiger partial charge on any atom is -0.481 e. The molecule has 0 amide bonds. The summed E-state index contributed by atoms with van der Waals surface area (Å²) in [7, 11) is 0. The van der Waals surface area contributed by atoms with Gasteiger partial charge in [-0.3, -0.25) is 4.79 Å². The van der Waals surface area contributed by atoms with E-state index < -0.39 is 5.97 Å². The molecule has 92 valence electrons. The number of hydrogen-bond acceptors (Lipinski definition) is 1. The second-order valence-electron chi connectivity index (χ2n) is 6.15. The Kier molecular flexibility index (Phi) is 2.76. The van der Waals surface area contributed by atoms with Crippen molar-refractivity contribution < 1.29 is 9.90 Å². The van der Waals surface area contributed by atoms with Gasteiger partial charge >= 0.3 is 5.97 Å². The lowest BCUT2D eigenvalue weighted by Crippen LogP contribution is -2.21. The zero-order valence-corrected chi connectivity index (χ0v) is 10.8. The Labute approximate surface area is 103 Å². The Morgan fingerprint density at radius 2 is 1.88 bits per heavy atom. The van der Waals surface area contributed by atoms with Gasteiger partial charge in [-0.1, -0.05) is 45.0 Å². The molecule has 0 spiro atoms. The van der Waals surface area contributed by atoms with Crippen LogP contribution in [0.3, 0.4) is 0 Å². The van der Waals surface area contributed by atoms with Gasteiger partial charge in [-0.2, -0.15) is 0 Å². The second-order valence-corrected chi connectivity index (χ2v) is 6.15. The average molecular weight is 232 g/mol. The highest BCUT2D eigenvalue weighted by Crippen LogP contribution is 2.53. The monoisotopic (exact) mass is 232 g/mol. The average Bonchev–Trinajstić information content (AvgIpc) is 2.97. The third-order valence-electron chi connectivity index (χ3n) is 3.65. The van der Waals surface area contributed by atoms with E-state index in [0.29, 0.717) is 0 Å².